The first-order valence-electron chi connectivity index (χ1n) is 7.57. The normalized spacial score (nSPS) is 30.9. The summed E-state index contributed by atoms with van der Waals surface area (Å²) in [6, 6.07) is 0. The maximum atomic E-state index is 3.56. The Morgan fingerprint density at radius 1 is 1.18 bits per heavy atom. The first-order valence-corrected chi connectivity index (χ1v) is 7.57. The summed E-state index contributed by atoms with van der Waals surface area (Å²) in [6.07, 6.45) is 4.31. The van der Waals surface area contributed by atoms with E-state index in [1.165, 1.54) is 25.8 Å². The van der Waals surface area contributed by atoms with E-state index in [2.05, 4.69) is 46.9 Å². The second-order valence-corrected chi connectivity index (χ2v) is 7.36. The Morgan fingerprint density at radius 2 is 1.82 bits per heavy atom. The summed E-state index contributed by atoms with van der Waals surface area (Å²) in [7, 11) is 0. The van der Waals surface area contributed by atoms with Crippen molar-refractivity contribution in [3.05, 3.63) is 0 Å². The highest BCUT2D eigenvalue weighted by atomic mass is 14.8. The first kappa shape index (κ1) is 15.0. The molecule has 0 radical (unpaired) electrons. The Bertz CT molecular complexity index is 214. The van der Waals surface area contributed by atoms with Gasteiger partial charge in [-0.25, -0.2) is 0 Å². The Kier molecular flexibility index (Phi) is 5.50. The maximum Gasteiger partial charge on any atom is -0.00178 e. The van der Waals surface area contributed by atoms with E-state index in [-0.39, 0.29) is 0 Å². The van der Waals surface area contributed by atoms with Gasteiger partial charge in [0.1, 0.15) is 0 Å². The van der Waals surface area contributed by atoms with Crippen molar-refractivity contribution in [2.24, 2.45) is 29.1 Å². The van der Waals surface area contributed by atoms with Gasteiger partial charge in [-0.3, -0.25) is 0 Å². The van der Waals surface area contributed by atoms with Gasteiger partial charge < -0.3 is 5.32 Å². The minimum atomic E-state index is 0.466. The summed E-state index contributed by atoms with van der Waals surface area (Å²) < 4.78 is 0. The highest BCUT2D eigenvalue weighted by Crippen LogP contribution is 2.45. The molecular formula is C16H33N. The van der Waals surface area contributed by atoms with Crippen LogP contribution in [0.15, 0.2) is 0 Å². The van der Waals surface area contributed by atoms with Gasteiger partial charge in [-0.05, 0) is 61.4 Å². The van der Waals surface area contributed by atoms with E-state index in [1.54, 1.807) is 0 Å². The summed E-state index contributed by atoms with van der Waals surface area (Å²) >= 11 is 0. The van der Waals surface area contributed by atoms with Crippen LogP contribution in [0.25, 0.3) is 0 Å². The zero-order valence-electron chi connectivity index (χ0n) is 12.8. The van der Waals surface area contributed by atoms with Crippen LogP contribution < -0.4 is 5.32 Å². The molecule has 17 heavy (non-hydrogen) atoms. The number of hydrogen-bond acceptors (Lipinski definition) is 1. The van der Waals surface area contributed by atoms with Crippen molar-refractivity contribution in [1.82, 2.24) is 5.32 Å². The third-order valence-electron chi connectivity index (χ3n) is 4.75. The third kappa shape index (κ3) is 4.28. The highest BCUT2D eigenvalue weighted by molar-refractivity contribution is 4.88. The van der Waals surface area contributed by atoms with E-state index in [4.69, 9.17) is 0 Å². The first-order chi connectivity index (χ1) is 7.86. The Labute approximate surface area is 109 Å². The molecule has 1 rings (SSSR count). The van der Waals surface area contributed by atoms with E-state index in [1.807, 2.05) is 0 Å². The minimum Gasteiger partial charge on any atom is -0.317 e. The third-order valence-corrected chi connectivity index (χ3v) is 4.75. The standard InChI is InChI=1S/C16H33N/c1-7-17-11-14-9-8-13(12(2)3)10-15(14)16(4,5)6/h12-15,17H,7-11H2,1-6H3. The van der Waals surface area contributed by atoms with Crippen molar-refractivity contribution >= 4 is 0 Å². The van der Waals surface area contributed by atoms with Crippen LogP contribution in [0.1, 0.15) is 60.8 Å². The fraction of sp³-hybridized carbons (Fsp3) is 1.00. The average molecular weight is 239 g/mol. The lowest BCUT2D eigenvalue weighted by Gasteiger charge is -2.44. The molecule has 0 bridgehead atoms. The summed E-state index contributed by atoms with van der Waals surface area (Å²) in [4.78, 5) is 0. The van der Waals surface area contributed by atoms with Crippen LogP contribution in [-0.2, 0) is 0 Å². The predicted molar refractivity (Wildman–Crippen MR) is 77.2 cm³/mol. The number of nitrogens with one attached hydrogen (secondary N) is 1. The van der Waals surface area contributed by atoms with Gasteiger partial charge in [0.25, 0.3) is 0 Å². The zero-order chi connectivity index (χ0) is 13.1. The number of rotatable bonds is 4. The van der Waals surface area contributed by atoms with E-state index < -0.39 is 0 Å². The van der Waals surface area contributed by atoms with Gasteiger partial charge in [-0.2, -0.15) is 0 Å². The molecule has 1 saturated carbocycles. The lowest BCUT2D eigenvalue weighted by Crippen LogP contribution is -2.40. The molecule has 0 aromatic rings. The molecule has 1 heteroatoms. The summed E-state index contributed by atoms with van der Waals surface area (Å²) in [5.41, 5.74) is 0.466. The van der Waals surface area contributed by atoms with Crippen LogP contribution in [0.5, 0.6) is 0 Å². The molecule has 3 unspecified atom stereocenters. The molecule has 0 heterocycles. The molecule has 0 aromatic heterocycles. The molecule has 3 atom stereocenters. The van der Waals surface area contributed by atoms with Gasteiger partial charge in [0.05, 0.1) is 0 Å². The molecule has 0 amide bonds. The van der Waals surface area contributed by atoms with Gasteiger partial charge >= 0.3 is 0 Å². The van der Waals surface area contributed by atoms with Crippen LogP contribution in [-0.4, -0.2) is 13.1 Å². The van der Waals surface area contributed by atoms with Crippen molar-refractivity contribution in [2.75, 3.05) is 13.1 Å². The monoisotopic (exact) mass is 239 g/mol. The van der Waals surface area contributed by atoms with E-state index in [0.29, 0.717) is 5.41 Å². The van der Waals surface area contributed by atoms with E-state index in [9.17, 15) is 0 Å². The van der Waals surface area contributed by atoms with Crippen LogP contribution in [0, 0.1) is 29.1 Å². The molecule has 1 N–H and O–H groups in total. The maximum absolute atomic E-state index is 3.56. The van der Waals surface area contributed by atoms with Crippen molar-refractivity contribution in [2.45, 2.75) is 60.8 Å². The van der Waals surface area contributed by atoms with Crippen molar-refractivity contribution in [1.29, 1.82) is 0 Å². The van der Waals surface area contributed by atoms with Crippen LogP contribution in [0.3, 0.4) is 0 Å². The average Bonchev–Trinajstić information content (AvgIpc) is 2.24. The lowest BCUT2D eigenvalue weighted by molar-refractivity contribution is 0.0607. The largest absolute Gasteiger partial charge is 0.317 e. The molecule has 1 aliphatic carbocycles. The van der Waals surface area contributed by atoms with Crippen LogP contribution in [0.2, 0.25) is 0 Å². The van der Waals surface area contributed by atoms with Gasteiger partial charge in [0.2, 0.25) is 0 Å². The highest BCUT2D eigenvalue weighted by Gasteiger charge is 2.37. The van der Waals surface area contributed by atoms with Crippen LogP contribution >= 0.6 is 0 Å². The summed E-state index contributed by atoms with van der Waals surface area (Å²) in [6.45, 7) is 16.6. The quantitative estimate of drug-likeness (QED) is 0.770. The molecule has 0 spiro atoms. The van der Waals surface area contributed by atoms with Crippen molar-refractivity contribution < 1.29 is 0 Å². The van der Waals surface area contributed by atoms with Gasteiger partial charge in [0, 0.05) is 0 Å². The van der Waals surface area contributed by atoms with Gasteiger partial charge in [-0.1, -0.05) is 41.5 Å². The smallest absolute Gasteiger partial charge is 0.00178 e. The molecular weight excluding hydrogens is 206 g/mol. The van der Waals surface area contributed by atoms with Gasteiger partial charge in [-0.15, -0.1) is 0 Å². The second kappa shape index (κ2) is 6.22. The Hall–Kier alpha value is -0.0400. The molecule has 1 fully saturated rings. The Morgan fingerprint density at radius 3 is 2.29 bits per heavy atom. The van der Waals surface area contributed by atoms with Crippen LogP contribution in [0.4, 0.5) is 0 Å². The summed E-state index contributed by atoms with van der Waals surface area (Å²) in [5, 5.41) is 3.56. The molecule has 102 valence electrons. The Balaban J connectivity index is 2.66. The number of hydrogen-bond donors (Lipinski definition) is 1. The molecule has 1 aliphatic rings. The molecule has 1 nitrogen and oxygen atoms in total. The fourth-order valence-electron chi connectivity index (χ4n) is 3.51. The summed E-state index contributed by atoms with van der Waals surface area (Å²) in [5.74, 6) is 3.60. The lowest BCUT2D eigenvalue weighted by atomic mass is 9.62. The minimum absolute atomic E-state index is 0.466. The second-order valence-electron chi connectivity index (χ2n) is 7.36. The zero-order valence-corrected chi connectivity index (χ0v) is 12.8. The van der Waals surface area contributed by atoms with E-state index in [0.717, 1.165) is 30.2 Å². The topological polar surface area (TPSA) is 12.0 Å². The van der Waals surface area contributed by atoms with Gasteiger partial charge in [0.15, 0.2) is 0 Å². The SMILES string of the molecule is CCNCC1CCC(C(C)C)CC1C(C)(C)C. The molecule has 0 saturated heterocycles. The fourth-order valence-corrected chi connectivity index (χ4v) is 3.51. The van der Waals surface area contributed by atoms with Crippen molar-refractivity contribution in [3.63, 3.8) is 0 Å². The van der Waals surface area contributed by atoms with E-state index >= 15 is 0 Å². The van der Waals surface area contributed by atoms with Crippen molar-refractivity contribution in [3.8, 4) is 0 Å². The predicted octanol–water partition coefficient (Wildman–Crippen LogP) is 4.33. The molecule has 0 aliphatic heterocycles. The molecule has 0 aromatic carbocycles.